The van der Waals surface area contributed by atoms with Crippen LogP contribution in [0, 0.1) is 0 Å². The minimum absolute atomic E-state index is 0.114. The highest BCUT2D eigenvalue weighted by Crippen LogP contribution is 2.34. The number of pyridine rings is 1. The second kappa shape index (κ2) is 8.61. The third kappa shape index (κ3) is 4.03. The number of nitrogens with zero attached hydrogens (tertiary/aromatic N) is 2. The topological polar surface area (TPSA) is 89.1 Å². The number of fused-ring (bicyclic) bond motifs is 1. The summed E-state index contributed by atoms with van der Waals surface area (Å²) in [6.07, 6.45) is 1.50. The molecule has 2 N–H and O–H groups in total. The number of nitrogens with one attached hydrogen (secondary N) is 2. The van der Waals surface area contributed by atoms with Crippen LogP contribution in [0.2, 0.25) is 10.0 Å². The fraction of sp³-hybridized carbons (Fsp3) is 0.0952. The number of carbonyl (C=O) groups excluding carboxylic acids is 1. The highest BCUT2D eigenvalue weighted by Gasteiger charge is 2.20. The summed E-state index contributed by atoms with van der Waals surface area (Å²) >= 11 is 12.7. The van der Waals surface area contributed by atoms with E-state index in [1.807, 2.05) is 30.3 Å². The molecule has 0 saturated carbocycles. The van der Waals surface area contributed by atoms with Crippen LogP contribution in [0.15, 0.2) is 54.7 Å². The predicted octanol–water partition coefficient (Wildman–Crippen LogP) is 5.10. The van der Waals surface area contributed by atoms with Crippen molar-refractivity contribution in [3.05, 3.63) is 75.9 Å². The van der Waals surface area contributed by atoms with E-state index < -0.39 is 5.91 Å². The minimum atomic E-state index is -0.487. The van der Waals surface area contributed by atoms with Gasteiger partial charge in [-0.05, 0) is 23.8 Å². The number of carbonyl (C=O) groups is 1. The first kappa shape index (κ1) is 20.0. The lowest BCUT2D eigenvalue weighted by atomic mass is 10.2. The zero-order valence-corrected chi connectivity index (χ0v) is 17.3. The Balaban J connectivity index is 1.57. The standard InChI is InChI=1S/C21H16Cl2N4O3/c1-29-21-14-9-13(10-24-19(14)26-27-21)25-20(28)17-15(22)7-8-16(18(17)23)30-11-12-5-3-2-4-6-12/h2-10H,11H2,1H3,(H,25,28)(H,24,26,27). The Bertz CT molecular complexity index is 1210. The molecule has 0 fully saturated rings. The van der Waals surface area contributed by atoms with Crippen molar-refractivity contribution in [1.29, 1.82) is 0 Å². The van der Waals surface area contributed by atoms with Gasteiger partial charge in [0, 0.05) is 0 Å². The molecule has 0 atom stereocenters. The van der Waals surface area contributed by atoms with Gasteiger partial charge in [0.15, 0.2) is 5.65 Å². The molecule has 152 valence electrons. The lowest BCUT2D eigenvalue weighted by Gasteiger charge is -2.13. The summed E-state index contributed by atoms with van der Waals surface area (Å²) in [5.74, 6) is 0.250. The van der Waals surface area contributed by atoms with Crippen LogP contribution in [-0.4, -0.2) is 28.2 Å². The zero-order valence-electron chi connectivity index (χ0n) is 15.8. The molecule has 0 aliphatic heterocycles. The molecule has 7 nitrogen and oxygen atoms in total. The molecule has 2 aromatic heterocycles. The lowest BCUT2D eigenvalue weighted by Crippen LogP contribution is -2.14. The molecule has 0 spiro atoms. The number of ether oxygens (including phenoxy) is 2. The average Bonchev–Trinajstić information content (AvgIpc) is 3.16. The number of hydrogen-bond donors (Lipinski definition) is 2. The van der Waals surface area contributed by atoms with Gasteiger partial charge in [-0.3, -0.25) is 9.89 Å². The van der Waals surface area contributed by atoms with Crippen LogP contribution in [0.25, 0.3) is 11.0 Å². The van der Waals surface area contributed by atoms with Crippen LogP contribution in [0.5, 0.6) is 11.6 Å². The van der Waals surface area contributed by atoms with Crippen molar-refractivity contribution >= 4 is 45.8 Å². The number of H-pyrrole nitrogens is 1. The van der Waals surface area contributed by atoms with Crippen molar-refractivity contribution in [1.82, 2.24) is 15.2 Å². The number of rotatable bonds is 6. The molecule has 4 aromatic rings. The van der Waals surface area contributed by atoms with Gasteiger partial charge in [0.25, 0.3) is 5.91 Å². The molecule has 2 aromatic carbocycles. The molecule has 0 radical (unpaired) electrons. The Hall–Kier alpha value is -3.29. The monoisotopic (exact) mass is 442 g/mol. The molecule has 0 unspecified atom stereocenters. The summed E-state index contributed by atoms with van der Waals surface area (Å²) in [7, 11) is 1.50. The molecular formula is C21H16Cl2N4O3. The average molecular weight is 443 g/mol. The van der Waals surface area contributed by atoms with Crippen molar-refractivity contribution in [2.24, 2.45) is 0 Å². The maximum Gasteiger partial charge on any atom is 0.258 e. The number of aromatic amines is 1. The fourth-order valence-corrected chi connectivity index (χ4v) is 3.48. The Morgan fingerprint density at radius 1 is 1.17 bits per heavy atom. The van der Waals surface area contributed by atoms with Gasteiger partial charge in [0.2, 0.25) is 5.88 Å². The van der Waals surface area contributed by atoms with Gasteiger partial charge in [-0.15, -0.1) is 5.10 Å². The van der Waals surface area contributed by atoms with Crippen molar-refractivity contribution in [2.75, 3.05) is 12.4 Å². The molecule has 0 aliphatic carbocycles. The summed E-state index contributed by atoms with van der Waals surface area (Å²) in [6.45, 7) is 0.310. The summed E-state index contributed by atoms with van der Waals surface area (Å²) in [5, 5.41) is 10.5. The molecule has 2 heterocycles. The van der Waals surface area contributed by atoms with Crippen molar-refractivity contribution in [2.45, 2.75) is 6.61 Å². The molecule has 9 heteroatoms. The first-order chi connectivity index (χ1) is 14.6. The molecule has 0 saturated heterocycles. The van der Waals surface area contributed by atoms with E-state index >= 15 is 0 Å². The van der Waals surface area contributed by atoms with Crippen LogP contribution in [0.4, 0.5) is 5.69 Å². The molecule has 30 heavy (non-hydrogen) atoms. The number of amides is 1. The smallest absolute Gasteiger partial charge is 0.258 e. The number of halogens is 2. The van der Waals surface area contributed by atoms with E-state index in [4.69, 9.17) is 32.7 Å². The van der Waals surface area contributed by atoms with Crippen LogP contribution < -0.4 is 14.8 Å². The summed E-state index contributed by atoms with van der Waals surface area (Å²) in [4.78, 5) is 17.1. The van der Waals surface area contributed by atoms with Crippen molar-refractivity contribution in [3.63, 3.8) is 0 Å². The number of benzene rings is 2. The van der Waals surface area contributed by atoms with Gasteiger partial charge in [-0.1, -0.05) is 53.5 Å². The van der Waals surface area contributed by atoms with E-state index in [-0.39, 0.29) is 15.6 Å². The van der Waals surface area contributed by atoms with Crippen LogP contribution >= 0.6 is 23.2 Å². The quantitative estimate of drug-likeness (QED) is 0.433. The van der Waals surface area contributed by atoms with E-state index in [0.29, 0.717) is 35.0 Å². The van der Waals surface area contributed by atoms with Crippen molar-refractivity contribution in [3.8, 4) is 11.6 Å². The maximum atomic E-state index is 12.9. The van der Waals surface area contributed by atoms with E-state index in [1.54, 1.807) is 18.2 Å². The largest absolute Gasteiger partial charge is 0.487 e. The first-order valence-corrected chi connectivity index (χ1v) is 9.66. The number of methoxy groups -OCH3 is 1. The SMILES string of the molecule is COc1n[nH]c2ncc(NC(=O)c3c(Cl)ccc(OCc4ccccc4)c3Cl)cc12. The molecule has 4 rings (SSSR count). The highest BCUT2D eigenvalue weighted by atomic mass is 35.5. The van der Waals surface area contributed by atoms with Gasteiger partial charge >= 0.3 is 0 Å². The normalized spacial score (nSPS) is 10.8. The number of anilines is 1. The molecule has 1 amide bonds. The molecule has 0 aliphatic rings. The zero-order chi connectivity index (χ0) is 21.1. The second-order valence-electron chi connectivity index (χ2n) is 6.32. The van der Waals surface area contributed by atoms with E-state index in [2.05, 4.69) is 20.5 Å². The third-order valence-corrected chi connectivity index (χ3v) is 5.04. The Kier molecular flexibility index (Phi) is 5.74. The number of aromatic nitrogens is 3. The van der Waals surface area contributed by atoms with E-state index in [1.165, 1.54) is 13.3 Å². The van der Waals surface area contributed by atoms with Crippen LogP contribution in [0.3, 0.4) is 0 Å². The fourth-order valence-electron chi connectivity index (χ4n) is 2.89. The molecule has 0 bridgehead atoms. The second-order valence-corrected chi connectivity index (χ2v) is 7.10. The summed E-state index contributed by atoms with van der Waals surface area (Å²) in [6, 6.07) is 14.5. The highest BCUT2D eigenvalue weighted by molar-refractivity contribution is 6.41. The first-order valence-electron chi connectivity index (χ1n) is 8.91. The van der Waals surface area contributed by atoms with Gasteiger partial charge in [-0.25, -0.2) is 4.98 Å². The maximum absolute atomic E-state index is 12.9. The molecular weight excluding hydrogens is 427 g/mol. The van der Waals surface area contributed by atoms with Crippen molar-refractivity contribution < 1.29 is 14.3 Å². The van der Waals surface area contributed by atoms with Gasteiger partial charge in [0.1, 0.15) is 12.4 Å². The predicted molar refractivity (Wildman–Crippen MR) is 116 cm³/mol. The third-order valence-electron chi connectivity index (χ3n) is 4.35. The number of hydrogen-bond acceptors (Lipinski definition) is 5. The van der Waals surface area contributed by atoms with Gasteiger partial charge < -0.3 is 14.8 Å². The van der Waals surface area contributed by atoms with Gasteiger partial charge in [0.05, 0.1) is 40.0 Å². The lowest BCUT2D eigenvalue weighted by molar-refractivity contribution is 0.102. The van der Waals surface area contributed by atoms with Crippen LogP contribution in [-0.2, 0) is 6.61 Å². The summed E-state index contributed by atoms with van der Waals surface area (Å²) in [5.41, 5.74) is 2.07. The van der Waals surface area contributed by atoms with Crippen LogP contribution in [0.1, 0.15) is 15.9 Å². The Morgan fingerprint density at radius 3 is 2.73 bits per heavy atom. The minimum Gasteiger partial charge on any atom is -0.487 e. The Morgan fingerprint density at radius 2 is 1.97 bits per heavy atom. The summed E-state index contributed by atoms with van der Waals surface area (Å²) < 4.78 is 11.0. The Labute approximate surface area is 181 Å². The van der Waals surface area contributed by atoms with Gasteiger partial charge in [-0.2, -0.15) is 0 Å². The van der Waals surface area contributed by atoms with E-state index in [9.17, 15) is 4.79 Å². The van der Waals surface area contributed by atoms with E-state index in [0.717, 1.165) is 5.56 Å².